The highest BCUT2D eigenvalue weighted by molar-refractivity contribution is 6.31. The number of furan rings is 1. The number of rotatable bonds is 8. The summed E-state index contributed by atoms with van der Waals surface area (Å²) in [5.74, 6) is 1.37. The molecular weight excluding hydrogens is 402 g/mol. The Morgan fingerprint density at radius 3 is 2.80 bits per heavy atom. The standard InChI is InChI=1S/C23H22ClN3O3/c1-16-21(24)14-27(26-16)12-4-11-25-23(28)22-10-9-20(30-22)15-29-19-8-7-17-5-2-3-6-18(17)13-19/h2-3,5-10,13-14H,4,11-12,15H2,1H3,(H,25,28). The van der Waals surface area contributed by atoms with E-state index < -0.39 is 0 Å². The van der Waals surface area contributed by atoms with Gasteiger partial charge in [0.05, 0.1) is 10.7 Å². The molecule has 4 rings (SSSR count). The largest absolute Gasteiger partial charge is 0.486 e. The summed E-state index contributed by atoms with van der Waals surface area (Å²) >= 11 is 5.99. The van der Waals surface area contributed by atoms with Crippen molar-refractivity contribution in [2.75, 3.05) is 6.54 Å². The van der Waals surface area contributed by atoms with E-state index in [-0.39, 0.29) is 18.3 Å². The zero-order valence-corrected chi connectivity index (χ0v) is 17.4. The number of ether oxygens (including phenoxy) is 1. The fourth-order valence-electron chi connectivity index (χ4n) is 3.13. The Hall–Kier alpha value is -3.25. The molecule has 0 radical (unpaired) electrons. The highest BCUT2D eigenvalue weighted by Gasteiger charge is 2.11. The van der Waals surface area contributed by atoms with Gasteiger partial charge in [-0.15, -0.1) is 0 Å². The van der Waals surface area contributed by atoms with Gasteiger partial charge in [-0.3, -0.25) is 9.48 Å². The number of hydrogen-bond acceptors (Lipinski definition) is 4. The number of aryl methyl sites for hydroxylation is 2. The third kappa shape index (κ3) is 4.83. The first-order chi connectivity index (χ1) is 14.6. The molecule has 154 valence electrons. The van der Waals surface area contributed by atoms with Crippen molar-refractivity contribution >= 4 is 28.3 Å². The molecular formula is C23H22ClN3O3. The quantitative estimate of drug-likeness (QED) is 0.405. The number of carbonyl (C=O) groups is 1. The van der Waals surface area contributed by atoms with Gasteiger partial charge in [0.2, 0.25) is 0 Å². The number of nitrogens with one attached hydrogen (secondary N) is 1. The second-order valence-corrected chi connectivity index (χ2v) is 7.41. The molecule has 2 aromatic carbocycles. The normalized spacial score (nSPS) is 11.0. The number of nitrogens with zero attached hydrogens (tertiary/aromatic N) is 2. The van der Waals surface area contributed by atoms with E-state index in [2.05, 4.69) is 16.5 Å². The van der Waals surface area contributed by atoms with Crippen molar-refractivity contribution in [3.8, 4) is 5.75 Å². The molecule has 4 aromatic rings. The van der Waals surface area contributed by atoms with Crippen molar-refractivity contribution in [1.29, 1.82) is 0 Å². The van der Waals surface area contributed by atoms with E-state index in [1.807, 2.05) is 43.3 Å². The van der Waals surface area contributed by atoms with E-state index in [0.29, 0.717) is 23.9 Å². The fourth-order valence-corrected chi connectivity index (χ4v) is 3.28. The van der Waals surface area contributed by atoms with Crippen LogP contribution >= 0.6 is 11.6 Å². The van der Waals surface area contributed by atoms with Crippen LogP contribution in [0.3, 0.4) is 0 Å². The van der Waals surface area contributed by atoms with Crippen LogP contribution in [0.2, 0.25) is 5.02 Å². The molecule has 2 aromatic heterocycles. The zero-order chi connectivity index (χ0) is 20.9. The second-order valence-electron chi connectivity index (χ2n) is 7.00. The molecule has 0 saturated heterocycles. The van der Waals surface area contributed by atoms with Gasteiger partial charge in [0.25, 0.3) is 5.91 Å². The summed E-state index contributed by atoms with van der Waals surface area (Å²) in [7, 11) is 0. The lowest BCUT2D eigenvalue weighted by Gasteiger charge is -2.06. The van der Waals surface area contributed by atoms with E-state index in [9.17, 15) is 4.79 Å². The monoisotopic (exact) mass is 423 g/mol. The topological polar surface area (TPSA) is 69.3 Å². The molecule has 6 nitrogen and oxygen atoms in total. The molecule has 0 spiro atoms. The summed E-state index contributed by atoms with van der Waals surface area (Å²) in [6.45, 7) is 3.31. The SMILES string of the molecule is Cc1nn(CCCNC(=O)c2ccc(COc3ccc4ccccc4c3)o2)cc1Cl. The number of halogens is 1. The molecule has 30 heavy (non-hydrogen) atoms. The first kappa shape index (κ1) is 20.0. The minimum Gasteiger partial charge on any atom is -0.486 e. The third-order valence-electron chi connectivity index (χ3n) is 4.72. The average Bonchev–Trinajstić information content (AvgIpc) is 3.36. The number of carbonyl (C=O) groups excluding carboxylic acids is 1. The fraction of sp³-hybridized carbons (Fsp3) is 0.217. The molecule has 0 unspecified atom stereocenters. The van der Waals surface area contributed by atoms with Crippen molar-refractivity contribution in [2.24, 2.45) is 0 Å². The van der Waals surface area contributed by atoms with Crippen molar-refractivity contribution in [1.82, 2.24) is 15.1 Å². The minimum atomic E-state index is -0.248. The van der Waals surface area contributed by atoms with Crippen molar-refractivity contribution in [3.05, 3.63) is 83.0 Å². The van der Waals surface area contributed by atoms with Crippen LogP contribution in [0, 0.1) is 6.92 Å². The molecule has 0 aliphatic carbocycles. The van der Waals surface area contributed by atoms with Gasteiger partial charge < -0.3 is 14.5 Å². The van der Waals surface area contributed by atoms with E-state index in [4.69, 9.17) is 20.8 Å². The van der Waals surface area contributed by atoms with Gasteiger partial charge in [-0.05, 0) is 48.4 Å². The highest BCUT2D eigenvalue weighted by Crippen LogP contribution is 2.21. The van der Waals surface area contributed by atoms with Gasteiger partial charge in [-0.1, -0.05) is 41.9 Å². The van der Waals surface area contributed by atoms with Gasteiger partial charge in [-0.25, -0.2) is 0 Å². The molecule has 0 fully saturated rings. The maximum absolute atomic E-state index is 12.3. The van der Waals surface area contributed by atoms with Crippen LogP contribution in [-0.4, -0.2) is 22.2 Å². The first-order valence-electron chi connectivity index (χ1n) is 9.76. The molecule has 0 bridgehead atoms. The van der Waals surface area contributed by atoms with E-state index in [0.717, 1.165) is 28.6 Å². The van der Waals surface area contributed by atoms with Gasteiger partial charge in [0.15, 0.2) is 5.76 Å². The van der Waals surface area contributed by atoms with Crippen LogP contribution in [0.1, 0.15) is 28.4 Å². The number of fused-ring (bicyclic) bond motifs is 1. The Labute approximate surface area is 179 Å². The molecule has 2 heterocycles. The Morgan fingerprint density at radius 2 is 2.00 bits per heavy atom. The Balaban J connectivity index is 1.25. The van der Waals surface area contributed by atoms with Crippen LogP contribution in [0.4, 0.5) is 0 Å². The van der Waals surface area contributed by atoms with Crippen LogP contribution in [0.5, 0.6) is 5.75 Å². The Kier molecular flexibility index (Phi) is 6.05. The van der Waals surface area contributed by atoms with E-state index in [1.165, 1.54) is 0 Å². The predicted octanol–water partition coefficient (Wildman–Crippen LogP) is 4.99. The summed E-state index contributed by atoms with van der Waals surface area (Å²) < 4.78 is 13.2. The third-order valence-corrected chi connectivity index (χ3v) is 5.09. The summed E-state index contributed by atoms with van der Waals surface area (Å²) in [4.78, 5) is 12.3. The van der Waals surface area contributed by atoms with Crippen LogP contribution in [0.25, 0.3) is 10.8 Å². The lowest BCUT2D eigenvalue weighted by Crippen LogP contribution is -2.24. The van der Waals surface area contributed by atoms with E-state index in [1.54, 1.807) is 23.0 Å². The van der Waals surface area contributed by atoms with Gasteiger partial charge in [-0.2, -0.15) is 5.10 Å². The highest BCUT2D eigenvalue weighted by atomic mass is 35.5. The molecule has 0 aliphatic heterocycles. The Morgan fingerprint density at radius 1 is 1.17 bits per heavy atom. The summed E-state index contributed by atoms with van der Waals surface area (Å²) in [6, 6.07) is 17.4. The Bertz CT molecular complexity index is 1150. The summed E-state index contributed by atoms with van der Waals surface area (Å²) in [5, 5.41) is 10.1. The molecule has 0 atom stereocenters. The number of amides is 1. The minimum absolute atomic E-state index is 0.248. The predicted molar refractivity (Wildman–Crippen MR) is 116 cm³/mol. The van der Waals surface area contributed by atoms with Crippen molar-refractivity contribution in [3.63, 3.8) is 0 Å². The van der Waals surface area contributed by atoms with Crippen LogP contribution in [-0.2, 0) is 13.2 Å². The summed E-state index contributed by atoms with van der Waals surface area (Å²) in [5.41, 5.74) is 0.801. The lowest BCUT2D eigenvalue weighted by molar-refractivity contribution is 0.0921. The number of benzene rings is 2. The van der Waals surface area contributed by atoms with Crippen LogP contribution in [0.15, 0.2) is 65.2 Å². The molecule has 0 saturated carbocycles. The average molecular weight is 424 g/mol. The molecule has 7 heteroatoms. The van der Waals surface area contributed by atoms with Crippen molar-refractivity contribution in [2.45, 2.75) is 26.5 Å². The number of aromatic nitrogens is 2. The molecule has 1 N–H and O–H groups in total. The van der Waals surface area contributed by atoms with Crippen LogP contribution < -0.4 is 10.1 Å². The zero-order valence-electron chi connectivity index (χ0n) is 16.6. The number of hydrogen-bond donors (Lipinski definition) is 1. The summed E-state index contributed by atoms with van der Waals surface area (Å²) in [6.07, 6.45) is 2.52. The lowest BCUT2D eigenvalue weighted by atomic mass is 10.1. The van der Waals surface area contributed by atoms with Crippen molar-refractivity contribution < 1.29 is 13.9 Å². The van der Waals surface area contributed by atoms with Gasteiger partial charge in [0.1, 0.15) is 18.1 Å². The maximum atomic E-state index is 12.3. The maximum Gasteiger partial charge on any atom is 0.286 e. The molecule has 1 amide bonds. The first-order valence-corrected chi connectivity index (χ1v) is 10.1. The second kappa shape index (κ2) is 9.05. The van der Waals surface area contributed by atoms with Gasteiger partial charge >= 0.3 is 0 Å². The van der Waals surface area contributed by atoms with E-state index >= 15 is 0 Å². The smallest absolute Gasteiger partial charge is 0.286 e. The molecule has 0 aliphatic rings. The van der Waals surface area contributed by atoms with Gasteiger partial charge in [0, 0.05) is 19.3 Å².